The van der Waals surface area contributed by atoms with E-state index in [2.05, 4.69) is 26.7 Å². The number of thiophene rings is 1. The van der Waals surface area contributed by atoms with E-state index >= 15 is 0 Å². The predicted molar refractivity (Wildman–Crippen MR) is 71.8 cm³/mol. The fourth-order valence-electron chi connectivity index (χ4n) is 2.59. The van der Waals surface area contributed by atoms with Crippen LogP contribution >= 0.6 is 27.3 Å². The Morgan fingerprint density at radius 1 is 1.38 bits per heavy atom. The molecule has 0 amide bonds. The lowest BCUT2D eigenvalue weighted by molar-refractivity contribution is -0.0595. The molecule has 0 spiro atoms. The van der Waals surface area contributed by atoms with Crippen LogP contribution in [0.4, 0.5) is 0 Å². The minimum absolute atomic E-state index is 0.0153. The van der Waals surface area contributed by atoms with Crippen molar-refractivity contribution < 1.29 is 4.74 Å². The molecule has 2 rings (SSSR count). The molecule has 0 radical (unpaired) electrons. The summed E-state index contributed by atoms with van der Waals surface area (Å²) in [6, 6.07) is -0.0153. The van der Waals surface area contributed by atoms with Crippen LogP contribution in [0.2, 0.25) is 0 Å². The molecule has 2 N–H and O–H groups in total. The molecule has 4 heteroatoms. The Hall–Kier alpha value is 0.100. The normalized spacial score (nSPS) is 21.9. The Bertz CT molecular complexity index is 347. The molecule has 1 fully saturated rings. The Morgan fingerprint density at radius 2 is 2.06 bits per heavy atom. The number of halogens is 1. The molecule has 0 saturated heterocycles. The van der Waals surface area contributed by atoms with Crippen LogP contribution in [0.5, 0.6) is 0 Å². The van der Waals surface area contributed by atoms with Crippen molar-refractivity contribution in [3.05, 3.63) is 20.8 Å². The first-order valence-corrected chi connectivity index (χ1v) is 7.45. The van der Waals surface area contributed by atoms with E-state index < -0.39 is 0 Å². The van der Waals surface area contributed by atoms with Gasteiger partial charge in [-0.25, -0.2) is 0 Å². The van der Waals surface area contributed by atoms with Gasteiger partial charge >= 0.3 is 0 Å². The smallest absolute Gasteiger partial charge is 0.0871 e. The molecule has 1 aromatic rings. The molecule has 1 heterocycles. The van der Waals surface area contributed by atoms with Crippen LogP contribution in [-0.4, -0.2) is 12.7 Å². The zero-order valence-electron chi connectivity index (χ0n) is 9.54. The SMILES string of the molecule is COC1(C(N)c2cscc2Br)CCCCC1. The molecule has 0 aliphatic heterocycles. The summed E-state index contributed by atoms with van der Waals surface area (Å²) in [6.45, 7) is 0. The minimum Gasteiger partial charge on any atom is -0.376 e. The lowest BCUT2D eigenvalue weighted by atomic mass is 9.77. The predicted octanol–water partition coefficient (Wildman–Crippen LogP) is 3.86. The standard InChI is InChI=1S/C12H18BrNOS/c1-15-12(5-3-2-4-6-12)11(14)9-7-16-8-10(9)13/h7-8,11H,2-6,14H2,1H3. The third kappa shape index (κ3) is 2.21. The second-order valence-corrected chi connectivity index (χ2v) is 6.08. The maximum Gasteiger partial charge on any atom is 0.0871 e. The van der Waals surface area contributed by atoms with Crippen LogP contribution in [0, 0.1) is 0 Å². The first-order chi connectivity index (χ1) is 7.69. The number of methoxy groups -OCH3 is 1. The highest BCUT2D eigenvalue weighted by atomic mass is 79.9. The van der Waals surface area contributed by atoms with Crippen molar-refractivity contribution in [3.8, 4) is 0 Å². The zero-order valence-corrected chi connectivity index (χ0v) is 11.9. The van der Waals surface area contributed by atoms with Crippen LogP contribution in [0.3, 0.4) is 0 Å². The summed E-state index contributed by atoms with van der Waals surface area (Å²) in [5, 5.41) is 4.21. The third-order valence-corrected chi connectivity index (χ3v) is 5.40. The van der Waals surface area contributed by atoms with Gasteiger partial charge in [-0.05, 0) is 39.7 Å². The van der Waals surface area contributed by atoms with Gasteiger partial charge in [0, 0.05) is 17.0 Å². The summed E-state index contributed by atoms with van der Waals surface area (Å²) < 4.78 is 6.90. The van der Waals surface area contributed by atoms with Crippen molar-refractivity contribution >= 4 is 27.3 Å². The van der Waals surface area contributed by atoms with Crippen LogP contribution < -0.4 is 5.73 Å². The molecule has 1 saturated carbocycles. The molecule has 1 atom stereocenters. The van der Waals surface area contributed by atoms with Crippen LogP contribution in [-0.2, 0) is 4.74 Å². The average molecular weight is 304 g/mol. The Labute approximate surface area is 109 Å². The number of rotatable bonds is 3. The van der Waals surface area contributed by atoms with E-state index in [1.807, 2.05) is 0 Å². The Balaban J connectivity index is 2.24. The summed E-state index contributed by atoms with van der Waals surface area (Å²) in [4.78, 5) is 0. The van der Waals surface area contributed by atoms with Gasteiger partial charge in [0.2, 0.25) is 0 Å². The number of nitrogens with two attached hydrogens (primary N) is 1. The monoisotopic (exact) mass is 303 g/mol. The Kier molecular flexibility index (Phi) is 4.06. The Morgan fingerprint density at radius 3 is 2.56 bits per heavy atom. The highest BCUT2D eigenvalue weighted by Gasteiger charge is 2.39. The van der Waals surface area contributed by atoms with E-state index in [9.17, 15) is 0 Å². The largest absolute Gasteiger partial charge is 0.376 e. The quantitative estimate of drug-likeness (QED) is 0.920. The first-order valence-electron chi connectivity index (χ1n) is 5.72. The molecule has 1 aliphatic carbocycles. The topological polar surface area (TPSA) is 35.2 Å². The van der Waals surface area contributed by atoms with Crippen molar-refractivity contribution in [2.75, 3.05) is 7.11 Å². The molecule has 0 aromatic carbocycles. The summed E-state index contributed by atoms with van der Waals surface area (Å²) in [6.07, 6.45) is 5.91. The van der Waals surface area contributed by atoms with E-state index in [0.29, 0.717) is 0 Å². The summed E-state index contributed by atoms with van der Waals surface area (Å²) in [5.41, 5.74) is 7.45. The van der Waals surface area contributed by atoms with Crippen molar-refractivity contribution in [1.82, 2.24) is 0 Å². The maximum atomic E-state index is 6.41. The van der Waals surface area contributed by atoms with Crippen molar-refractivity contribution in [3.63, 3.8) is 0 Å². The lowest BCUT2D eigenvalue weighted by Crippen LogP contribution is -2.44. The molecule has 0 bridgehead atoms. The molecule has 16 heavy (non-hydrogen) atoms. The van der Waals surface area contributed by atoms with Gasteiger partial charge in [-0.1, -0.05) is 19.3 Å². The summed E-state index contributed by atoms with van der Waals surface area (Å²) in [5.74, 6) is 0. The van der Waals surface area contributed by atoms with E-state index in [0.717, 1.165) is 17.3 Å². The van der Waals surface area contributed by atoms with Gasteiger partial charge in [-0.15, -0.1) is 0 Å². The van der Waals surface area contributed by atoms with Gasteiger partial charge in [0.15, 0.2) is 0 Å². The number of ether oxygens (including phenoxy) is 1. The highest BCUT2D eigenvalue weighted by molar-refractivity contribution is 9.10. The van der Waals surface area contributed by atoms with E-state index in [1.165, 1.54) is 24.8 Å². The third-order valence-electron chi connectivity index (χ3n) is 3.65. The van der Waals surface area contributed by atoms with E-state index in [1.54, 1.807) is 18.4 Å². The molecule has 1 aliphatic rings. The van der Waals surface area contributed by atoms with E-state index in [4.69, 9.17) is 10.5 Å². The van der Waals surface area contributed by atoms with Gasteiger partial charge in [-0.3, -0.25) is 0 Å². The van der Waals surface area contributed by atoms with Crippen LogP contribution in [0.25, 0.3) is 0 Å². The van der Waals surface area contributed by atoms with Crippen LogP contribution in [0.15, 0.2) is 15.2 Å². The van der Waals surface area contributed by atoms with Gasteiger partial charge in [0.25, 0.3) is 0 Å². The van der Waals surface area contributed by atoms with E-state index in [-0.39, 0.29) is 11.6 Å². The van der Waals surface area contributed by atoms with Gasteiger partial charge in [0.1, 0.15) is 0 Å². The lowest BCUT2D eigenvalue weighted by Gasteiger charge is -2.40. The maximum absolute atomic E-state index is 6.41. The molecular formula is C12H18BrNOS. The fourth-order valence-corrected chi connectivity index (χ4v) is 4.17. The minimum atomic E-state index is -0.151. The van der Waals surface area contributed by atoms with Crippen molar-refractivity contribution in [1.29, 1.82) is 0 Å². The molecule has 2 nitrogen and oxygen atoms in total. The molecule has 1 aromatic heterocycles. The highest BCUT2D eigenvalue weighted by Crippen LogP contribution is 2.42. The zero-order chi connectivity index (χ0) is 11.6. The van der Waals surface area contributed by atoms with Crippen molar-refractivity contribution in [2.45, 2.75) is 43.7 Å². The molecule has 90 valence electrons. The molecular weight excluding hydrogens is 286 g/mol. The van der Waals surface area contributed by atoms with Gasteiger partial charge in [-0.2, -0.15) is 11.3 Å². The van der Waals surface area contributed by atoms with Crippen molar-refractivity contribution in [2.24, 2.45) is 5.73 Å². The van der Waals surface area contributed by atoms with Gasteiger partial charge < -0.3 is 10.5 Å². The summed E-state index contributed by atoms with van der Waals surface area (Å²) >= 11 is 5.25. The molecule has 1 unspecified atom stereocenters. The van der Waals surface area contributed by atoms with Crippen LogP contribution in [0.1, 0.15) is 43.7 Å². The number of hydrogen-bond donors (Lipinski definition) is 1. The van der Waals surface area contributed by atoms with Gasteiger partial charge in [0.05, 0.1) is 11.6 Å². The number of hydrogen-bond acceptors (Lipinski definition) is 3. The first kappa shape index (κ1) is 12.6. The fraction of sp³-hybridized carbons (Fsp3) is 0.667. The second kappa shape index (κ2) is 5.17. The summed E-state index contributed by atoms with van der Waals surface area (Å²) in [7, 11) is 1.80. The second-order valence-electron chi connectivity index (χ2n) is 4.48. The average Bonchev–Trinajstić information content (AvgIpc) is 2.75.